The minimum absolute atomic E-state index is 0.240. The molecule has 0 saturated carbocycles. The number of halogens is 1. The average molecular weight is 316 g/mol. The van der Waals surface area contributed by atoms with Crippen molar-refractivity contribution in [2.24, 2.45) is 0 Å². The summed E-state index contributed by atoms with van der Waals surface area (Å²) < 4.78 is 25.3. The highest BCUT2D eigenvalue weighted by Gasteiger charge is 2.37. The van der Waals surface area contributed by atoms with Crippen molar-refractivity contribution in [2.45, 2.75) is 18.9 Å². The Balaban J connectivity index is 2.18. The summed E-state index contributed by atoms with van der Waals surface area (Å²) in [6, 6.07) is 5.72. The molecule has 1 aromatic rings. The Hall–Kier alpha value is -1.37. The minimum atomic E-state index is -3.72. The second kappa shape index (κ2) is 5.95. The molecular formula is C13H14ClNO4S. The van der Waals surface area contributed by atoms with Crippen LogP contribution in [0.4, 0.5) is 0 Å². The van der Waals surface area contributed by atoms with Crippen LogP contribution in [0.5, 0.6) is 0 Å². The number of hydrogen-bond acceptors (Lipinski definition) is 3. The Morgan fingerprint density at radius 2 is 2.00 bits per heavy atom. The number of rotatable bonds is 4. The summed E-state index contributed by atoms with van der Waals surface area (Å²) in [5.41, 5.74) is 0.684. The van der Waals surface area contributed by atoms with E-state index in [9.17, 15) is 13.2 Å². The van der Waals surface area contributed by atoms with Crippen molar-refractivity contribution >= 4 is 33.7 Å². The quantitative estimate of drug-likeness (QED) is 0.924. The van der Waals surface area contributed by atoms with Crippen LogP contribution in [0.1, 0.15) is 18.4 Å². The van der Waals surface area contributed by atoms with Crippen molar-refractivity contribution in [1.29, 1.82) is 0 Å². The van der Waals surface area contributed by atoms with E-state index in [1.807, 2.05) is 0 Å². The highest BCUT2D eigenvalue weighted by atomic mass is 35.5. The maximum absolute atomic E-state index is 12.1. The lowest BCUT2D eigenvalue weighted by Crippen LogP contribution is -2.39. The number of sulfonamides is 1. The van der Waals surface area contributed by atoms with Gasteiger partial charge >= 0.3 is 5.97 Å². The van der Waals surface area contributed by atoms with Gasteiger partial charge < -0.3 is 5.11 Å². The number of aliphatic carboxylic acids is 1. The van der Waals surface area contributed by atoms with E-state index < -0.39 is 22.0 Å². The van der Waals surface area contributed by atoms with Gasteiger partial charge in [0.2, 0.25) is 10.0 Å². The Morgan fingerprint density at radius 1 is 1.35 bits per heavy atom. The number of carbonyl (C=O) groups is 1. The largest absolute Gasteiger partial charge is 0.480 e. The first kappa shape index (κ1) is 15.0. The molecule has 0 spiro atoms. The van der Waals surface area contributed by atoms with Gasteiger partial charge in [-0.05, 0) is 36.6 Å². The molecule has 0 radical (unpaired) electrons. The van der Waals surface area contributed by atoms with Gasteiger partial charge in [-0.1, -0.05) is 23.7 Å². The van der Waals surface area contributed by atoms with Gasteiger partial charge in [-0.3, -0.25) is 4.79 Å². The third kappa shape index (κ3) is 3.39. The van der Waals surface area contributed by atoms with Gasteiger partial charge in [0.1, 0.15) is 6.04 Å². The van der Waals surface area contributed by atoms with Crippen molar-refractivity contribution in [3.63, 3.8) is 0 Å². The lowest BCUT2D eigenvalue weighted by Gasteiger charge is -2.18. The van der Waals surface area contributed by atoms with Crippen molar-refractivity contribution < 1.29 is 18.3 Å². The maximum Gasteiger partial charge on any atom is 0.322 e. The minimum Gasteiger partial charge on any atom is -0.480 e. The van der Waals surface area contributed by atoms with Gasteiger partial charge in [0, 0.05) is 17.0 Å². The molecule has 1 fully saturated rings. The molecule has 0 aromatic heterocycles. The smallest absolute Gasteiger partial charge is 0.322 e. The van der Waals surface area contributed by atoms with Crippen molar-refractivity contribution in [2.75, 3.05) is 6.54 Å². The Kier molecular flexibility index (Phi) is 4.47. The summed E-state index contributed by atoms with van der Waals surface area (Å²) in [6.07, 6.45) is 2.34. The second-order valence-corrected chi connectivity index (χ2v) is 6.71. The summed E-state index contributed by atoms with van der Waals surface area (Å²) in [5.74, 6) is -1.11. The van der Waals surface area contributed by atoms with E-state index in [0.29, 0.717) is 23.4 Å². The topological polar surface area (TPSA) is 74.7 Å². The molecule has 1 atom stereocenters. The SMILES string of the molecule is O=C(O)[C@@H]1CCCN1S(=O)(=O)/C=C/c1ccc(Cl)cc1. The van der Waals surface area contributed by atoms with Crippen LogP contribution < -0.4 is 0 Å². The van der Waals surface area contributed by atoms with Crippen LogP contribution in [0.15, 0.2) is 29.7 Å². The van der Waals surface area contributed by atoms with E-state index in [4.69, 9.17) is 16.7 Å². The number of carboxylic acid groups (broad SMARTS) is 1. The summed E-state index contributed by atoms with van der Waals surface area (Å²) in [6.45, 7) is 0.240. The van der Waals surface area contributed by atoms with E-state index in [0.717, 1.165) is 9.71 Å². The molecule has 1 heterocycles. The van der Waals surface area contributed by atoms with Gasteiger partial charge in [0.05, 0.1) is 0 Å². The molecule has 0 unspecified atom stereocenters. The first-order chi connectivity index (χ1) is 9.40. The van der Waals surface area contributed by atoms with Gasteiger partial charge in [0.15, 0.2) is 0 Å². The molecule has 1 N–H and O–H groups in total. The van der Waals surface area contributed by atoms with Crippen LogP contribution in [-0.2, 0) is 14.8 Å². The standard InChI is InChI=1S/C13H14ClNO4S/c14-11-5-3-10(4-6-11)7-9-20(18,19)15-8-1-2-12(15)13(16)17/h3-7,9,12H,1-2,8H2,(H,16,17)/b9-7+/t12-/m0/s1. The fourth-order valence-corrected chi connectivity index (χ4v) is 3.65. The highest BCUT2D eigenvalue weighted by molar-refractivity contribution is 7.92. The Bertz CT molecular complexity index is 624. The zero-order chi connectivity index (χ0) is 14.8. The van der Waals surface area contributed by atoms with Gasteiger partial charge in [-0.15, -0.1) is 0 Å². The predicted molar refractivity (Wildman–Crippen MR) is 76.8 cm³/mol. The number of benzene rings is 1. The van der Waals surface area contributed by atoms with E-state index in [1.165, 1.54) is 6.08 Å². The van der Waals surface area contributed by atoms with E-state index >= 15 is 0 Å². The maximum atomic E-state index is 12.1. The van der Waals surface area contributed by atoms with Crippen LogP contribution in [0.25, 0.3) is 6.08 Å². The second-order valence-electron chi connectivity index (χ2n) is 4.51. The number of hydrogen-bond donors (Lipinski definition) is 1. The zero-order valence-electron chi connectivity index (χ0n) is 10.6. The zero-order valence-corrected chi connectivity index (χ0v) is 12.1. The van der Waals surface area contributed by atoms with Crippen LogP contribution >= 0.6 is 11.6 Å². The lowest BCUT2D eigenvalue weighted by molar-refractivity contribution is -0.140. The molecule has 108 valence electrons. The molecular weight excluding hydrogens is 302 g/mol. The molecule has 5 nitrogen and oxygen atoms in total. The van der Waals surface area contributed by atoms with Crippen LogP contribution in [0.3, 0.4) is 0 Å². The molecule has 0 amide bonds. The molecule has 20 heavy (non-hydrogen) atoms. The van der Waals surface area contributed by atoms with Crippen molar-refractivity contribution in [3.8, 4) is 0 Å². The summed E-state index contributed by atoms with van der Waals surface area (Å²) in [4.78, 5) is 11.0. The third-order valence-corrected chi connectivity index (χ3v) is 4.94. The number of carboxylic acids is 1. The molecule has 2 rings (SSSR count). The highest BCUT2D eigenvalue weighted by Crippen LogP contribution is 2.22. The molecule has 0 aliphatic carbocycles. The van der Waals surface area contributed by atoms with E-state index in [-0.39, 0.29) is 6.54 Å². The summed E-state index contributed by atoms with van der Waals surface area (Å²) in [5, 5.41) is 10.6. The normalized spacial score (nSPS) is 20.6. The fraction of sp³-hybridized carbons (Fsp3) is 0.308. The molecule has 1 aromatic carbocycles. The van der Waals surface area contributed by atoms with Crippen LogP contribution in [-0.4, -0.2) is 36.4 Å². The van der Waals surface area contributed by atoms with E-state index in [2.05, 4.69) is 0 Å². The monoisotopic (exact) mass is 315 g/mol. The van der Waals surface area contributed by atoms with Crippen LogP contribution in [0, 0.1) is 0 Å². The summed E-state index contributed by atoms with van der Waals surface area (Å²) in [7, 11) is -3.72. The number of nitrogens with zero attached hydrogens (tertiary/aromatic N) is 1. The molecule has 7 heteroatoms. The Labute approximate surface area is 122 Å². The molecule has 1 aliphatic rings. The lowest BCUT2D eigenvalue weighted by atomic mass is 10.2. The Morgan fingerprint density at radius 3 is 2.60 bits per heavy atom. The van der Waals surface area contributed by atoms with Gasteiger partial charge in [-0.2, -0.15) is 4.31 Å². The van der Waals surface area contributed by atoms with Crippen molar-refractivity contribution in [3.05, 3.63) is 40.3 Å². The van der Waals surface area contributed by atoms with E-state index in [1.54, 1.807) is 24.3 Å². The predicted octanol–water partition coefficient (Wildman–Crippen LogP) is 2.19. The van der Waals surface area contributed by atoms with Gasteiger partial charge in [-0.25, -0.2) is 8.42 Å². The van der Waals surface area contributed by atoms with Crippen LogP contribution in [0.2, 0.25) is 5.02 Å². The molecule has 0 bridgehead atoms. The molecule has 1 saturated heterocycles. The first-order valence-electron chi connectivity index (χ1n) is 6.08. The fourth-order valence-electron chi connectivity index (χ4n) is 2.11. The molecule has 1 aliphatic heterocycles. The first-order valence-corrected chi connectivity index (χ1v) is 7.96. The average Bonchev–Trinajstić information content (AvgIpc) is 2.88. The van der Waals surface area contributed by atoms with Gasteiger partial charge in [0.25, 0.3) is 0 Å². The van der Waals surface area contributed by atoms with Crippen molar-refractivity contribution in [1.82, 2.24) is 4.31 Å². The third-order valence-electron chi connectivity index (χ3n) is 3.12. The summed E-state index contributed by atoms with van der Waals surface area (Å²) >= 11 is 5.74.